The molecule has 1 aromatic heterocycles. The number of nitrogens with one attached hydrogen (secondary N) is 1. The Morgan fingerprint density at radius 2 is 2.12 bits per heavy atom. The van der Waals surface area contributed by atoms with E-state index in [-0.39, 0.29) is 5.91 Å². The van der Waals surface area contributed by atoms with Crippen molar-refractivity contribution in [1.29, 1.82) is 0 Å². The van der Waals surface area contributed by atoms with E-state index in [1.165, 1.54) is 24.8 Å². The summed E-state index contributed by atoms with van der Waals surface area (Å²) in [5, 5.41) is 5.31. The standard InChI is InChI=1S/C20H22ClN3O/c21-19-15-3-1-2-4-17(15)23-18-9-12(5-8-16(18)19)20(25)24-11-13-6-7-14(24)10-22-13/h5,8-9,13-14,22H,1-4,6-7,10-11H2. The van der Waals surface area contributed by atoms with Crippen LogP contribution in [-0.2, 0) is 12.8 Å². The summed E-state index contributed by atoms with van der Waals surface area (Å²) >= 11 is 6.65. The maximum atomic E-state index is 13.0. The number of aryl methyl sites for hydroxylation is 1. The Bertz CT molecular complexity index is 858. The number of piperazine rings is 1. The maximum Gasteiger partial charge on any atom is 0.254 e. The Labute approximate surface area is 152 Å². The number of fused-ring (bicyclic) bond motifs is 5. The molecule has 3 saturated heterocycles. The van der Waals surface area contributed by atoms with Gasteiger partial charge in [0.25, 0.3) is 5.91 Å². The zero-order valence-electron chi connectivity index (χ0n) is 14.2. The lowest BCUT2D eigenvalue weighted by Gasteiger charge is -2.46. The average molecular weight is 356 g/mol. The monoisotopic (exact) mass is 355 g/mol. The van der Waals surface area contributed by atoms with Crippen molar-refractivity contribution in [3.8, 4) is 0 Å². The van der Waals surface area contributed by atoms with Crippen LogP contribution in [0, 0.1) is 0 Å². The molecule has 4 nitrogen and oxygen atoms in total. The molecular weight excluding hydrogens is 334 g/mol. The number of benzene rings is 1. The number of aromatic nitrogens is 1. The van der Waals surface area contributed by atoms with Gasteiger partial charge in [-0.15, -0.1) is 0 Å². The van der Waals surface area contributed by atoms with Crippen LogP contribution < -0.4 is 5.32 Å². The second-order valence-electron chi connectivity index (χ2n) is 7.58. The van der Waals surface area contributed by atoms with E-state index in [1.807, 2.05) is 23.1 Å². The number of piperidine rings is 2. The molecule has 3 aliphatic heterocycles. The van der Waals surface area contributed by atoms with Gasteiger partial charge in [-0.05, 0) is 56.2 Å². The van der Waals surface area contributed by atoms with Gasteiger partial charge in [0.1, 0.15) is 0 Å². The first-order valence-electron chi connectivity index (χ1n) is 9.36. The predicted molar refractivity (Wildman–Crippen MR) is 99.2 cm³/mol. The quantitative estimate of drug-likeness (QED) is 0.853. The molecule has 2 bridgehead atoms. The number of amides is 1. The molecular formula is C20H22ClN3O. The SMILES string of the molecule is O=C(c1ccc2c(Cl)c3c(nc2c1)CCCC3)N1CC2CCC1CN2. The molecule has 2 atom stereocenters. The van der Waals surface area contributed by atoms with E-state index in [9.17, 15) is 4.79 Å². The van der Waals surface area contributed by atoms with E-state index in [2.05, 4.69) is 5.32 Å². The van der Waals surface area contributed by atoms with Gasteiger partial charge in [-0.25, -0.2) is 0 Å². The molecule has 4 aliphatic rings. The van der Waals surface area contributed by atoms with Crippen LogP contribution in [0.15, 0.2) is 18.2 Å². The third-order valence-electron chi connectivity index (χ3n) is 6.05. The van der Waals surface area contributed by atoms with Crippen molar-refractivity contribution in [3.63, 3.8) is 0 Å². The Hall–Kier alpha value is -1.65. The van der Waals surface area contributed by atoms with Crippen LogP contribution in [-0.4, -0.2) is 41.0 Å². The van der Waals surface area contributed by atoms with Crippen molar-refractivity contribution in [3.05, 3.63) is 40.0 Å². The lowest BCUT2D eigenvalue weighted by atomic mass is 9.92. The second-order valence-corrected chi connectivity index (χ2v) is 7.96. The van der Waals surface area contributed by atoms with Crippen molar-refractivity contribution in [1.82, 2.24) is 15.2 Å². The molecule has 4 heterocycles. The highest BCUT2D eigenvalue weighted by molar-refractivity contribution is 6.36. The van der Waals surface area contributed by atoms with Gasteiger partial charge < -0.3 is 10.2 Å². The number of halogens is 1. The molecule has 1 aromatic carbocycles. The molecule has 25 heavy (non-hydrogen) atoms. The number of nitrogens with zero attached hydrogens (tertiary/aromatic N) is 2. The number of carbonyl (C=O) groups excluding carboxylic acids is 1. The molecule has 0 radical (unpaired) electrons. The number of hydrogen-bond acceptors (Lipinski definition) is 3. The molecule has 2 aromatic rings. The van der Waals surface area contributed by atoms with Crippen molar-refractivity contribution in [2.45, 2.75) is 50.6 Å². The average Bonchev–Trinajstić information content (AvgIpc) is 2.68. The lowest BCUT2D eigenvalue weighted by Crippen LogP contribution is -2.62. The second kappa shape index (κ2) is 5.96. The molecule has 1 N–H and O–H groups in total. The molecule has 6 rings (SSSR count). The summed E-state index contributed by atoms with van der Waals surface area (Å²) < 4.78 is 0. The third-order valence-corrected chi connectivity index (χ3v) is 6.48. The molecule has 0 saturated carbocycles. The number of carbonyl (C=O) groups is 1. The van der Waals surface area contributed by atoms with E-state index in [1.54, 1.807) is 0 Å². The number of rotatable bonds is 1. The molecule has 0 spiro atoms. The Morgan fingerprint density at radius 3 is 2.88 bits per heavy atom. The van der Waals surface area contributed by atoms with Crippen LogP contribution in [0.2, 0.25) is 5.02 Å². The van der Waals surface area contributed by atoms with Gasteiger partial charge in [0, 0.05) is 41.8 Å². The van der Waals surface area contributed by atoms with Crippen molar-refractivity contribution in [2.24, 2.45) is 0 Å². The van der Waals surface area contributed by atoms with Gasteiger partial charge in [-0.2, -0.15) is 0 Å². The van der Waals surface area contributed by atoms with Crippen LogP contribution >= 0.6 is 11.6 Å². The first-order valence-corrected chi connectivity index (χ1v) is 9.74. The normalized spacial score (nSPS) is 25.2. The molecule has 1 aliphatic carbocycles. The zero-order valence-corrected chi connectivity index (χ0v) is 15.0. The summed E-state index contributed by atoms with van der Waals surface area (Å²) in [5.41, 5.74) is 3.92. The third kappa shape index (κ3) is 2.54. The maximum absolute atomic E-state index is 13.0. The van der Waals surface area contributed by atoms with E-state index in [0.717, 1.165) is 59.5 Å². The van der Waals surface area contributed by atoms with Gasteiger partial charge in [0.15, 0.2) is 0 Å². The zero-order chi connectivity index (χ0) is 17.0. The van der Waals surface area contributed by atoms with Crippen molar-refractivity contribution in [2.75, 3.05) is 13.1 Å². The van der Waals surface area contributed by atoms with E-state index in [4.69, 9.17) is 16.6 Å². The molecule has 2 unspecified atom stereocenters. The summed E-state index contributed by atoms with van der Waals surface area (Å²) in [6.07, 6.45) is 6.64. The highest BCUT2D eigenvalue weighted by Crippen LogP contribution is 2.33. The van der Waals surface area contributed by atoms with Crippen molar-refractivity contribution < 1.29 is 4.79 Å². The minimum absolute atomic E-state index is 0.133. The fraction of sp³-hybridized carbons (Fsp3) is 0.500. The van der Waals surface area contributed by atoms with Crippen LogP contribution in [0.1, 0.15) is 47.3 Å². The fourth-order valence-corrected chi connectivity index (χ4v) is 4.99. The van der Waals surface area contributed by atoms with E-state index >= 15 is 0 Å². The van der Waals surface area contributed by atoms with Crippen LogP contribution in [0.4, 0.5) is 0 Å². The number of pyridine rings is 1. The van der Waals surface area contributed by atoms with Gasteiger partial charge in [-0.1, -0.05) is 17.7 Å². The van der Waals surface area contributed by atoms with Crippen molar-refractivity contribution >= 4 is 28.4 Å². The summed E-state index contributed by atoms with van der Waals surface area (Å²) in [4.78, 5) is 19.9. The minimum Gasteiger partial charge on any atom is -0.333 e. The van der Waals surface area contributed by atoms with Crippen LogP contribution in [0.25, 0.3) is 10.9 Å². The molecule has 3 fully saturated rings. The highest BCUT2D eigenvalue weighted by Gasteiger charge is 2.36. The van der Waals surface area contributed by atoms with Crippen LogP contribution in [0.5, 0.6) is 0 Å². The number of hydrogen-bond donors (Lipinski definition) is 1. The largest absolute Gasteiger partial charge is 0.333 e. The fourth-order valence-electron chi connectivity index (χ4n) is 4.62. The van der Waals surface area contributed by atoms with Gasteiger partial charge in [0.05, 0.1) is 10.5 Å². The lowest BCUT2D eigenvalue weighted by molar-refractivity contribution is 0.0441. The Morgan fingerprint density at radius 1 is 1.24 bits per heavy atom. The molecule has 130 valence electrons. The first kappa shape index (κ1) is 15.6. The molecule has 1 amide bonds. The van der Waals surface area contributed by atoms with Gasteiger partial charge in [-0.3, -0.25) is 9.78 Å². The molecule has 5 heteroatoms. The summed E-state index contributed by atoms with van der Waals surface area (Å²) in [5.74, 6) is 0.133. The Balaban J connectivity index is 1.53. The van der Waals surface area contributed by atoms with Gasteiger partial charge >= 0.3 is 0 Å². The van der Waals surface area contributed by atoms with Crippen LogP contribution in [0.3, 0.4) is 0 Å². The predicted octanol–water partition coefficient (Wildman–Crippen LogP) is 3.34. The summed E-state index contributed by atoms with van der Waals surface area (Å²) in [7, 11) is 0. The minimum atomic E-state index is 0.133. The highest BCUT2D eigenvalue weighted by atomic mass is 35.5. The summed E-state index contributed by atoms with van der Waals surface area (Å²) in [6, 6.07) is 6.62. The Kier molecular flexibility index (Phi) is 3.72. The van der Waals surface area contributed by atoms with Gasteiger partial charge in [0.2, 0.25) is 0 Å². The van der Waals surface area contributed by atoms with E-state index < -0.39 is 0 Å². The summed E-state index contributed by atoms with van der Waals surface area (Å²) in [6.45, 7) is 1.74. The first-order chi connectivity index (χ1) is 12.2. The smallest absolute Gasteiger partial charge is 0.254 e. The topological polar surface area (TPSA) is 45.2 Å². The van der Waals surface area contributed by atoms with E-state index in [0.29, 0.717) is 12.1 Å².